The molecule has 2 aromatic rings. The summed E-state index contributed by atoms with van der Waals surface area (Å²) < 4.78 is 12.8. The molecule has 1 aliphatic heterocycles. The van der Waals surface area contributed by atoms with Crippen LogP contribution in [0, 0.1) is 5.82 Å². The summed E-state index contributed by atoms with van der Waals surface area (Å²) >= 11 is 0. The van der Waals surface area contributed by atoms with Crippen LogP contribution in [0.2, 0.25) is 0 Å². The van der Waals surface area contributed by atoms with Gasteiger partial charge in [0.15, 0.2) is 5.82 Å². The molecular weight excluding hydrogens is 289 g/mol. The summed E-state index contributed by atoms with van der Waals surface area (Å²) in [6, 6.07) is 5.03. The Morgan fingerprint density at radius 1 is 1.14 bits per heavy atom. The van der Waals surface area contributed by atoms with Crippen LogP contribution in [0.25, 0.3) is 0 Å². The zero-order chi connectivity index (χ0) is 15.5. The van der Waals surface area contributed by atoms with Gasteiger partial charge in [-0.1, -0.05) is 6.07 Å². The Hall–Kier alpha value is -2.90. The van der Waals surface area contributed by atoms with Gasteiger partial charge < -0.3 is 4.90 Å². The molecule has 0 aromatic carbocycles. The predicted octanol–water partition coefficient (Wildman–Crippen LogP) is 0.500. The molecule has 0 aliphatic carbocycles. The molecule has 3 rings (SSSR count). The second kappa shape index (κ2) is 5.84. The zero-order valence-electron chi connectivity index (χ0n) is 11.5. The lowest BCUT2D eigenvalue weighted by molar-refractivity contribution is -0.120. The monoisotopic (exact) mass is 301 g/mol. The van der Waals surface area contributed by atoms with Gasteiger partial charge in [-0.25, -0.2) is 14.4 Å². The molecule has 0 radical (unpaired) electrons. The number of piperazine rings is 1. The third kappa shape index (κ3) is 2.76. The Morgan fingerprint density at radius 3 is 2.55 bits per heavy atom. The number of anilines is 1. The Balaban J connectivity index is 1.71. The minimum atomic E-state index is -0.569. The molecule has 7 nitrogen and oxygen atoms in total. The zero-order valence-corrected chi connectivity index (χ0v) is 11.5. The predicted molar refractivity (Wildman–Crippen MR) is 74.5 cm³/mol. The minimum absolute atomic E-state index is 0.0872. The maximum atomic E-state index is 12.8. The van der Waals surface area contributed by atoms with Gasteiger partial charge in [0.1, 0.15) is 12.2 Å². The lowest BCUT2D eigenvalue weighted by atomic mass is 10.2. The number of hydrogen-bond acceptors (Lipinski definition) is 5. The topological polar surface area (TPSA) is 79.3 Å². The number of carbonyl (C=O) groups excluding carboxylic acids is 2. The molecule has 3 heterocycles. The molecular formula is C14H12FN5O2. The SMILES string of the molecule is O=C(c1ccccn1)N1CCN(c2ncc(F)cn2)C(=O)C1. The van der Waals surface area contributed by atoms with Crippen LogP contribution in [0.15, 0.2) is 36.8 Å². The van der Waals surface area contributed by atoms with Crippen LogP contribution >= 0.6 is 0 Å². The lowest BCUT2D eigenvalue weighted by Crippen LogP contribution is -2.53. The summed E-state index contributed by atoms with van der Waals surface area (Å²) in [5.74, 6) is -1.05. The van der Waals surface area contributed by atoms with E-state index in [1.165, 1.54) is 16.0 Å². The van der Waals surface area contributed by atoms with Crippen molar-refractivity contribution in [3.8, 4) is 0 Å². The number of rotatable bonds is 2. The lowest BCUT2D eigenvalue weighted by Gasteiger charge is -2.32. The summed E-state index contributed by atoms with van der Waals surface area (Å²) in [5, 5.41) is 0. The Labute approximate surface area is 125 Å². The first kappa shape index (κ1) is 14.1. The summed E-state index contributed by atoms with van der Waals surface area (Å²) in [6.45, 7) is 0.501. The standard InChI is InChI=1S/C14H12FN5O2/c15-10-7-17-14(18-8-10)20-6-5-19(9-12(20)21)13(22)11-3-1-2-4-16-11/h1-4,7-8H,5-6,9H2. The first-order chi connectivity index (χ1) is 10.6. The van der Waals surface area contributed by atoms with Crippen molar-refractivity contribution in [3.05, 3.63) is 48.3 Å². The Kier molecular flexibility index (Phi) is 3.73. The molecule has 0 atom stereocenters. The fourth-order valence-corrected chi connectivity index (χ4v) is 2.15. The van der Waals surface area contributed by atoms with E-state index < -0.39 is 5.82 Å². The van der Waals surface area contributed by atoms with Crippen molar-refractivity contribution in [1.29, 1.82) is 0 Å². The molecule has 112 valence electrons. The van der Waals surface area contributed by atoms with Crippen LogP contribution in [-0.2, 0) is 4.79 Å². The van der Waals surface area contributed by atoms with E-state index >= 15 is 0 Å². The van der Waals surface area contributed by atoms with Crippen LogP contribution < -0.4 is 4.90 Å². The molecule has 0 saturated carbocycles. The van der Waals surface area contributed by atoms with Gasteiger partial charge in [0, 0.05) is 19.3 Å². The summed E-state index contributed by atoms with van der Waals surface area (Å²) in [4.78, 5) is 38.7. The van der Waals surface area contributed by atoms with Crippen molar-refractivity contribution >= 4 is 17.8 Å². The van der Waals surface area contributed by atoms with Crippen LogP contribution in [0.1, 0.15) is 10.5 Å². The van der Waals surface area contributed by atoms with Crippen LogP contribution in [0.4, 0.5) is 10.3 Å². The number of aromatic nitrogens is 3. The van der Waals surface area contributed by atoms with E-state index in [0.29, 0.717) is 12.2 Å². The highest BCUT2D eigenvalue weighted by Crippen LogP contribution is 2.13. The smallest absolute Gasteiger partial charge is 0.272 e. The molecule has 0 unspecified atom stereocenters. The van der Waals surface area contributed by atoms with Crippen LogP contribution in [0.5, 0.6) is 0 Å². The number of halogens is 1. The van der Waals surface area contributed by atoms with E-state index in [2.05, 4.69) is 15.0 Å². The molecule has 0 bridgehead atoms. The fourth-order valence-electron chi connectivity index (χ4n) is 2.15. The summed E-state index contributed by atoms with van der Waals surface area (Å²) in [5.41, 5.74) is 0.293. The van der Waals surface area contributed by atoms with Crippen molar-refractivity contribution < 1.29 is 14.0 Å². The molecule has 0 N–H and O–H groups in total. The summed E-state index contributed by atoms with van der Waals surface area (Å²) in [6.07, 6.45) is 3.53. The van der Waals surface area contributed by atoms with Gasteiger partial charge in [0.05, 0.1) is 12.4 Å². The molecule has 2 aromatic heterocycles. The van der Waals surface area contributed by atoms with Crippen LogP contribution in [0.3, 0.4) is 0 Å². The van der Waals surface area contributed by atoms with Crippen molar-refractivity contribution in [3.63, 3.8) is 0 Å². The maximum Gasteiger partial charge on any atom is 0.272 e. The molecule has 0 spiro atoms. The van der Waals surface area contributed by atoms with Gasteiger partial charge in [-0.05, 0) is 12.1 Å². The van der Waals surface area contributed by atoms with E-state index in [9.17, 15) is 14.0 Å². The van der Waals surface area contributed by atoms with Gasteiger partial charge in [0.25, 0.3) is 5.91 Å². The van der Waals surface area contributed by atoms with Crippen molar-refractivity contribution in [1.82, 2.24) is 19.9 Å². The average molecular weight is 301 g/mol. The third-order valence-electron chi connectivity index (χ3n) is 3.24. The van der Waals surface area contributed by atoms with Crippen molar-refractivity contribution in [2.75, 3.05) is 24.5 Å². The van der Waals surface area contributed by atoms with Gasteiger partial charge >= 0.3 is 0 Å². The third-order valence-corrected chi connectivity index (χ3v) is 3.24. The number of nitrogens with zero attached hydrogens (tertiary/aromatic N) is 5. The quantitative estimate of drug-likeness (QED) is 0.807. The minimum Gasteiger partial charge on any atom is -0.326 e. The molecule has 1 saturated heterocycles. The number of pyridine rings is 1. The number of amides is 2. The van der Waals surface area contributed by atoms with E-state index in [0.717, 1.165) is 12.4 Å². The first-order valence-corrected chi connectivity index (χ1v) is 6.63. The molecule has 2 amide bonds. The van der Waals surface area contributed by atoms with Gasteiger partial charge in [0.2, 0.25) is 11.9 Å². The highest BCUT2D eigenvalue weighted by molar-refractivity contribution is 6.00. The largest absolute Gasteiger partial charge is 0.326 e. The normalized spacial score (nSPS) is 15.0. The Morgan fingerprint density at radius 2 is 1.91 bits per heavy atom. The second-order valence-corrected chi connectivity index (χ2v) is 4.69. The van der Waals surface area contributed by atoms with E-state index in [1.54, 1.807) is 18.2 Å². The molecule has 22 heavy (non-hydrogen) atoms. The van der Waals surface area contributed by atoms with Gasteiger partial charge in [-0.15, -0.1) is 0 Å². The average Bonchev–Trinajstić information content (AvgIpc) is 2.56. The second-order valence-electron chi connectivity index (χ2n) is 4.69. The van der Waals surface area contributed by atoms with Crippen LogP contribution in [-0.4, -0.2) is 51.3 Å². The number of carbonyl (C=O) groups is 2. The van der Waals surface area contributed by atoms with Crippen molar-refractivity contribution in [2.24, 2.45) is 0 Å². The fraction of sp³-hybridized carbons (Fsp3) is 0.214. The van der Waals surface area contributed by atoms with E-state index in [1.807, 2.05) is 0 Å². The molecule has 1 fully saturated rings. The van der Waals surface area contributed by atoms with E-state index in [-0.39, 0.29) is 30.9 Å². The van der Waals surface area contributed by atoms with Crippen molar-refractivity contribution in [2.45, 2.75) is 0 Å². The highest BCUT2D eigenvalue weighted by Gasteiger charge is 2.30. The maximum absolute atomic E-state index is 12.8. The van der Waals surface area contributed by atoms with E-state index in [4.69, 9.17) is 0 Å². The first-order valence-electron chi connectivity index (χ1n) is 6.63. The molecule has 1 aliphatic rings. The number of hydrogen-bond donors (Lipinski definition) is 0. The Bertz CT molecular complexity index is 692. The molecule has 8 heteroatoms. The van der Waals surface area contributed by atoms with Gasteiger partial charge in [-0.3, -0.25) is 19.5 Å². The summed E-state index contributed by atoms with van der Waals surface area (Å²) in [7, 11) is 0. The van der Waals surface area contributed by atoms with Gasteiger partial charge in [-0.2, -0.15) is 0 Å². The highest BCUT2D eigenvalue weighted by atomic mass is 19.1.